The van der Waals surface area contributed by atoms with Gasteiger partial charge in [-0.05, 0) is 12.8 Å². The lowest BCUT2D eigenvalue weighted by atomic mass is 10.0. The van der Waals surface area contributed by atoms with Crippen LogP contribution in [-0.4, -0.2) is 34.7 Å². The normalized spacial score (nSPS) is 38.8. The molecule has 0 aromatic heterocycles. The molecule has 0 saturated carbocycles. The van der Waals surface area contributed by atoms with Crippen LogP contribution in [0.15, 0.2) is 0 Å². The standard InChI is InChI=1S/C6H10N2O2/c9-6(10)5-3-4-1-2-8(4)7-5/h4-5,7H,1-3H2,(H,9,10). The molecule has 2 unspecified atom stereocenters. The summed E-state index contributed by atoms with van der Waals surface area (Å²) in [5, 5.41) is 10.6. The number of rotatable bonds is 1. The number of carboxylic acids is 1. The van der Waals surface area contributed by atoms with Crippen molar-refractivity contribution in [1.82, 2.24) is 10.4 Å². The molecule has 2 aliphatic rings. The number of aliphatic carboxylic acids is 1. The summed E-state index contributed by atoms with van der Waals surface area (Å²) in [4.78, 5) is 10.4. The number of carbonyl (C=O) groups is 1. The predicted octanol–water partition coefficient (Wildman–Crippen LogP) is -0.578. The smallest absolute Gasteiger partial charge is 0.322 e. The van der Waals surface area contributed by atoms with E-state index in [2.05, 4.69) is 5.43 Å². The van der Waals surface area contributed by atoms with Crippen LogP contribution < -0.4 is 5.43 Å². The number of hydrogen-bond acceptors (Lipinski definition) is 3. The highest BCUT2D eigenvalue weighted by atomic mass is 16.4. The van der Waals surface area contributed by atoms with Gasteiger partial charge >= 0.3 is 5.97 Å². The van der Waals surface area contributed by atoms with Crippen molar-refractivity contribution >= 4 is 5.97 Å². The first-order chi connectivity index (χ1) is 4.77. The Bertz CT molecular complexity index is 159. The van der Waals surface area contributed by atoms with Crippen LogP contribution in [0.25, 0.3) is 0 Å². The Morgan fingerprint density at radius 2 is 2.50 bits per heavy atom. The maximum Gasteiger partial charge on any atom is 0.322 e. The van der Waals surface area contributed by atoms with Crippen LogP contribution in [-0.2, 0) is 4.79 Å². The van der Waals surface area contributed by atoms with Crippen LogP contribution in [0.4, 0.5) is 0 Å². The topological polar surface area (TPSA) is 52.6 Å². The maximum atomic E-state index is 10.4. The zero-order chi connectivity index (χ0) is 7.14. The van der Waals surface area contributed by atoms with E-state index in [1.165, 1.54) is 0 Å². The van der Waals surface area contributed by atoms with Crippen molar-refractivity contribution in [3.8, 4) is 0 Å². The van der Waals surface area contributed by atoms with Crippen LogP contribution in [0.3, 0.4) is 0 Å². The van der Waals surface area contributed by atoms with E-state index in [0.29, 0.717) is 6.04 Å². The molecule has 2 heterocycles. The van der Waals surface area contributed by atoms with Gasteiger partial charge in [0.15, 0.2) is 0 Å². The third-order valence-corrected chi connectivity index (χ3v) is 2.27. The average Bonchev–Trinajstić information content (AvgIpc) is 2.09. The highest BCUT2D eigenvalue weighted by Gasteiger charge is 2.40. The number of fused-ring (bicyclic) bond motifs is 1. The number of carboxylic acid groups (broad SMARTS) is 1. The fourth-order valence-electron chi connectivity index (χ4n) is 1.54. The molecule has 2 fully saturated rings. The van der Waals surface area contributed by atoms with Gasteiger partial charge in [-0.1, -0.05) is 0 Å². The van der Waals surface area contributed by atoms with Gasteiger partial charge in [-0.25, -0.2) is 10.4 Å². The fourth-order valence-corrected chi connectivity index (χ4v) is 1.54. The van der Waals surface area contributed by atoms with E-state index in [-0.39, 0.29) is 6.04 Å². The van der Waals surface area contributed by atoms with Gasteiger partial charge in [-0.15, -0.1) is 0 Å². The van der Waals surface area contributed by atoms with E-state index < -0.39 is 5.97 Å². The Morgan fingerprint density at radius 3 is 2.80 bits per heavy atom. The molecule has 2 saturated heterocycles. The number of hydrazine groups is 1. The molecule has 2 aliphatic heterocycles. The molecule has 0 bridgehead atoms. The molecule has 2 rings (SSSR count). The van der Waals surface area contributed by atoms with Crippen LogP contribution in [0.2, 0.25) is 0 Å². The van der Waals surface area contributed by atoms with Crippen molar-refractivity contribution in [2.24, 2.45) is 0 Å². The minimum atomic E-state index is -0.727. The molecule has 2 atom stereocenters. The van der Waals surface area contributed by atoms with Gasteiger partial charge in [0.2, 0.25) is 0 Å². The SMILES string of the molecule is O=C(O)C1CC2CCN2N1. The molecule has 56 valence electrons. The number of nitrogens with zero attached hydrogens (tertiary/aromatic N) is 1. The van der Waals surface area contributed by atoms with Crippen molar-refractivity contribution < 1.29 is 9.90 Å². The monoisotopic (exact) mass is 142 g/mol. The Balaban J connectivity index is 1.98. The molecule has 10 heavy (non-hydrogen) atoms. The number of hydrogen-bond donors (Lipinski definition) is 2. The van der Waals surface area contributed by atoms with Crippen molar-refractivity contribution in [3.05, 3.63) is 0 Å². The molecule has 0 amide bonds. The van der Waals surface area contributed by atoms with Crippen molar-refractivity contribution in [2.45, 2.75) is 24.9 Å². The summed E-state index contributed by atoms with van der Waals surface area (Å²) in [5.74, 6) is -0.727. The van der Waals surface area contributed by atoms with E-state index >= 15 is 0 Å². The zero-order valence-electron chi connectivity index (χ0n) is 5.58. The largest absolute Gasteiger partial charge is 0.480 e. The highest BCUT2D eigenvalue weighted by molar-refractivity contribution is 5.73. The van der Waals surface area contributed by atoms with Crippen LogP contribution in [0.5, 0.6) is 0 Å². The van der Waals surface area contributed by atoms with Gasteiger partial charge in [-0.2, -0.15) is 0 Å². The summed E-state index contributed by atoms with van der Waals surface area (Å²) >= 11 is 0. The summed E-state index contributed by atoms with van der Waals surface area (Å²) in [5.41, 5.74) is 2.92. The van der Waals surface area contributed by atoms with Crippen molar-refractivity contribution in [3.63, 3.8) is 0 Å². The van der Waals surface area contributed by atoms with Crippen LogP contribution in [0, 0.1) is 0 Å². The van der Waals surface area contributed by atoms with Gasteiger partial charge in [0.05, 0.1) is 0 Å². The Morgan fingerprint density at radius 1 is 1.70 bits per heavy atom. The lowest BCUT2D eigenvalue weighted by molar-refractivity contribution is -0.139. The molecule has 4 heteroatoms. The molecule has 2 N–H and O–H groups in total. The highest BCUT2D eigenvalue weighted by Crippen LogP contribution is 2.25. The third kappa shape index (κ3) is 0.726. The van der Waals surface area contributed by atoms with E-state index in [1.54, 1.807) is 0 Å². The Hall–Kier alpha value is -0.610. The maximum absolute atomic E-state index is 10.4. The van der Waals surface area contributed by atoms with Crippen LogP contribution in [0.1, 0.15) is 12.8 Å². The van der Waals surface area contributed by atoms with Crippen molar-refractivity contribution in [1.29, 1.82) is 0 Å². The lowest BCUT2D eigenvalue weighted by Crippen LogP contribution is -2.49. The molecule has 0 aromatic carbocycles. The molecule has 0 radical (unpaired) electrons. The van der Waals surface area contributed by atoms with E-state index in [9.17, 15) is 4.79 Å². The Kier molecular flexibility index (Phi) is 1.18. The van der Waals surface area contributed by atoms with Gasteiger partial charge < -0.3 is 5.11 Å². The third-order valence-electron chi connectivity index (χ3n) is 2.27. The average molecular weight is 142 g/mol. The minimum Gasteiger partial charge on any atom is -0.480 e. The van der Waals surface area contributed by atoms with Crippen LogP contribution >= 0.6 is 0 Å². The van der Waals surface area contributed by atoms with Gasteiger partial charge in [0.1, 0.15) is 6.04 Å². The second kappa shape index (κ2) is 1.93. The van der Waals surface area contributed by atoms with Gasteiger partial charge in [0, 0.05) is 12.6 Å². The first kappa shape index (κ1) is 6.12. The summed E-state index contributed by atoms with van der Waals surface area (Å²) in [6.45, 7) is 1.01. The second-order valence-corrected chi connectivity index (χ2v) is 2.89. The van der Waals surface area contributed by atoms with Gasteiger partial charge in [-0.3, -0.25) is 4.79 Å². The molecular weight excluding hydrogens is 132 g/mol. The summed E-state index contributed by atoms with van der Waals surface area (Å²) in [7, 11) is 0. The predicted molar refractivity (Wildman–Crippen MR) is 34.3 cm³/mol. The fraction of sp³-hybridized carbons (Fsp3) is 0.833. The zero-order valence-corrected chi connectivity index (χ0v) is 5.58. The van der Waals surface area contributed by atoms with Crippen molar-refractivity contribution in [2.75, 3.05) is 6.54 Å². The lowest BCUT2D eigenvalue weighted by Gasteiger charge is -2.33. The first-order valence-electron chi connectivity index (χ1n) is 3.53. The first-order valence-corrected chi connectivity index (χ1v) is 3.53. The number of nitrogens with one attached hydrogen (secondary N) is 1. The molecule has 0 spiro atoms. The Labute approximate surface area is 58.8 Å². The minimum absolute atomic E-state index is 0.326. The summed E-state index contributed by atoms with van der Waals surface area (Å²) in [6.07, 6.45) is 1.92. The molecule has 0 aliphatic carbocycles. The summed E-state index contributed by atoms with van der Waals surface area (Å²) in [6, 6.07) is 0.175. The molecular formula is C6H10N2O2. The second-order valence-electron chi connectivity index (χ2n) is 2.89. The van der Waals surface area contributed by atoms with E-state index in [4.69, 9.17) is 5.11 Å². The quantitative estimate of drug-likeness (QED) is 0.514. The van der Waals surface area contributed by atoms with E-state index in [0.717, 1.165) is 19.4 Å². The van der Waals surface area contributed by atoms with E-state index in [1.807, 2.05) is 5.01 Å². The van der Waals surface area contributed by atoms with Gasteiger partial charge in [0.25, 0.3) is 0 Å². The molecule has 0 aromatic rings. The summed E-state index contributed by atoms with van der Waals surface area (Å²) < 4.78 is 0. The molecule has 4 nitrogen and oxygen atoms in total.